The highest BCUT2D eigenvalue weighted by atomic mass is 32.1. The van der Waals surface area contributed by atoms with Gasteiger partial charge in [0.25, 0.3) is 5.91 Å². The Morgan fingerprint density at radius 3 is 2.25 bits per heavy atom. The zero-order valence-electron chi connectivity index (χ0n) is 15.4. The number of nitrogens with zero attached hydrogens (tertiary/aromatic N) is 1. The van der Waals surface area contributed by atoms with E-state index in [1.807, 2.05) is 13.0 Å². The minimum absolute atomic E-state index is 0.0227. The Hall–Kier alpha value is -2.61. The van der Waals surface area contributed by atoms with Crippen molar-refractivity contribution < 1.29 is 27.9 Å². The molecule has 0 saturated carbocycles. The van der Waals surface area contributed by atoms with Crippen molar-refractivity contribution in [1.29, 1.82) is 0 Å². The first-order valence-corrected chi connectivity index (χ1v) is 9.44. The largest absolute Gasteiger partial charge is 0.503 e. The van der Waals surface area contributed by atoms with E-state index in [1.54, 1.807) is 19.2 Å². The number of carbonyl (C=O) groups is 2. The van der Waals surface area contributed by atoms with E-state index in [9.17, 15) is 27.9 Å². The monoisotopic (exact) mass is 409 g/mol. The molecule has 1 aromatic carbocycles. The molecular weight excluding hydrogens is 391 g/mol. The molecule has 2 aromatic rings. The zero-order valence-corrected chi connectivity index (χ0v) is 16.2. The van der Waals surface area contributed by atoms with Crippen molar-refractivity contribution in [3.63, 3.8) is 0 Å². The molecule has 148 valence electrons. The van der Waals surface area contributed by atoms with E-state index < -0.39 is 35.4 Å². The van der Waals surface area contributed by atoms with Crippen molar-refractivity contribution in [2.75, 3.05) is 4.90 Å². The number of carbonyl (C=O) groups excluding carboxylic acids is 2. The Bertz CT molecular complexity index is 958. The summed E-state index contributed by atoms with van der Waals surface area (Å²) < 4.78 is 38.6. The van der Waals surface area contributed by atoms with E-state index in [0.29, 0.717) is 4.88 Å². The van der Waals surface area contributed by atoms with E-state index in [1.165, 1.54) is 28.4 Å². The van der Waals surface area contributed by atoms with Gasteiger partial charge in [0.05, 0.1) is 11.1 Å². The number of anilines is 1. The summed E-state index contributed by atoms with van der Waals surface area (Å²) in [5.74, 6) is -2.30. The predicted octanol–water partition coefficient (Wildman–Crippen LogP) is 5.20. The van der Waals surface area contributed by atoms with Crippen molar-refractivity contribution in [2.24, 2.45) is 5.92 Å². The molecule has 1 N–H and O–H groups in total. The fraction of sp³-hybridized carbons (Fsp3) is 0.300. The van der Waals surface area contributed by atoms with Crippen molar-refractivity contribution >= 4 is 28.7 Å². The molecule has 0 spiro atoms. The van der Waals surface area contributed by atoms with Gasteiger partial charge in [-0.05, 0) is 48.2 Å². The number of hydrogen-bond donors (Lipinski definition) is 1. The highest BCUT2D eigenvalue weighted by Gasteiger charge is 2.46. The maximum Gasteiger partial charge on any atom is 0.416 e. The molecule has 1 unspecified atom stereocenters. The fourth-order valence-corrected chi connectivity index (χ4v) is 4.18. The lowest BCUT2D eigenvalue weighted by atomic mass is 9.93. The number of alkyl halides is 3. The number of amides is 1. The summed E-state index contributed by atoms with van der Waals surface area (Å²) in [4.78, 5) is 27.4. The minimum atomic E-state index is -4.50. The minimum Gasteiger partial charge on any atom is -0.503 e. The van der Waals surface area contributed by atoms with E-state index in [0.717, 1.165) is 17.7 Å². The van der Waals surface area contributed by atoms with Crippen LogP contribution >= 0.6 is 11.3 Å². The second-order valence-electron chi connectivity index (χ2n) is 6.87. The first kappa shape index (κ1) is 20.1. The van der Waals surface area contributed by atoms with Gasteiger partial charge in [-0.1, -0.05) is 13.8 Å². The molecule has 1 atom stereocenters. The van der Waals surface area contributed by atoms with Gasteiger partial charge >= 0.3 is 6.18 Å². The molecule has 4 nitrogen and oxygen atoms in total. The van der Waals surface area contributed by atoms with Crippen LogP contribution in [0.4, 0.5) is 18.9 Å². The number of hydrogen-bond acceptors (Lipinski definition) is 4. The van der Waals surface area contributed by atoms with Gasteiger partial charge in [0.2, 0.25) is 0 Å². The van der Waals surface area contributed by atoms with Crippen molar-refractivity contribution in [3.8, 4) is 0 Å². The number of thiophene rings is 1. The van der Waals surface area contributed by atoms with Gasteiger partial charge in [-0.25, -0.2) is 0 Å². The topological polar surface area (TPSA) is 57.6 Å². The van der Waals surface area contributed by atoms with Gasteiger partial charge in [-0.3, -0.25) is 14.5 Å². The van der Waals surface area contributed by atoms with E-state index in [-0.39, 0.29) is 17.0 Å². The molecule has 0 bridgehead atoms. The third-order valence-electron chi connectivity index (χ3n) is 4.62. The Balaban J connectivity index is 2.14. The lowest BCUT2D eigenvalue weighted by Crippen LogP contribution is -2.31. The molecule has 1 aliphatic heterocycles. The van der Waals surface area contributed by atoms with Crippen LogP contribution in [0, 0.1) is 12.8 Å². The number of halogens is 3. The van der Waals surface area contributed by atoms with Crippen LogP contribution in [0.1, 0.15) is 35.9 Å². The van der Waals surface area contributed by atoms with Crippen LogP contribution in [0.2, 0.25) is 0 Å². The third-order valence-corrected chi connectivity index (χ3v) is 5.69. The second kappa shape index (κ2) is 7.09. The van der Waals surface area contributed by atoms with Crippen LogP contribution in [0.15, 0.2) is 47.0 Å². The number of Topliss-reactive ketones (excluding diaryl/α,β-unsaturated/α-hetero) is 1. The summed E-state index contributed by atoms with van der Waals surface area (Å²) >= 11 is 1.32. The van der Waals surface area contributed by atoms with Gasteiger partial charge in [0, 0.05) is 16.5 Å². The van der Waals surface area contributed by atoms with Crippen LogP contribution in [0.5, 0.6) is 0 Å². The van der Waals surface area contributed by atoms with E-state index in [4.69, 9.17) is 0 Å². The van der Waals surface area contributed by atoms with Crippen LogP contribution in [-0.4, -0.2) is 16.8 Å². The molecule has 1 amide bonds. The molecular formula is C20H18F3NO3S. The number of rotatable bonds is 4. The van der Waals surface area contributed by atoms with Gasteiger partial charge in [-0.15, -0.1) is 11.3 Å². The molecule has 1 aliphatic rings. The quantitative estimate of drug-likeness (QED) is 0.755. The predicted molar refractivity (Wildman–Crippen MR) is 100 cm³/mol. The van der Waals surface area contributed by atoms with Crippen LogP contribution in [0.3, 0.4) is 0 Å². The molecule has 1 aromatic heterocycles. The van der Waals surface area contributed by atoms with E-state index in [2.05, 4.69) is 0 Å². The molecule has 0 aliphatic carbocycles. The molecule has 8 heteroatoms. The summed E-state index contributed by atoms with van der Waals surface area (Å²) in [6, 6.07) is 5.04. The standard InChI is InChI=1S/C20H18F3NO3S/c1-10(2)16(25)14-15(18-11(3)8-9-28-18)24(19(27)17(14)26)13-6-4-12(5-7-13)20(21,22)23/h4-10,15,26H,1-3H3. The summed E-state index contributed by atoms with van der Waals surface area (Å²) in [7, 11) is 0. The first-order chi connectivity index (χ1) is 13.0. The number of benzene rings is 1. The fourth-order valence-electron chi connectivity index (χ4n) is 3.16. The van der Waals surface area contributed by atoms with Gasteiger partial charge < -0.3 is 5.11 Å². The lowest BCUT2D eigenvalue weighted by Gasteiger charge is -2.27. The van der Waals surface area contributed by atoms with Gasteiger partial charge in [0.15, 0.2) is 11.5 Å². The summed E-state index contributed by atoms with van der Waals surface area (Å²) in [6.45, 7) is 5.13. The molecule has 2 heterocycles. The average Bonchev–Trinajstić information content (AvgIpc) is 3.15. The van der Waals surface area contributed by atoms with Crippen molar-refractivity contribution in [3.05, 3.63) is 63.0 Å². The molecule has 0 radical (unpaired) electrons. The number of aliphatic hydroxyl groups is 1. The van der Waals surface area contributed by atoms with Crippen LogP contribution < -0.4 is 4.90 Å². The van der Waals surface area contributed by atoms with Gasteiger partial charge in [-0.2, -0.15) is 13.2 Å². The molecule has 0 saturated heterocycles. The normalized spacial score (nSPS) is 17.8. The molecule has 0 fully saturated rings. The third kappa shape index (κ3) is 3.32. The number of aliphatic hydroxyl groups excluding tert-OH is 1. The van der Waals surface area contributed by atoms with Crippen LogP contribution in [0.25, 0.3) is 0 Å². The first-order valence-electron chi connectivity index (χ1n) is 8.56. The molecule has 28 heavy (non-hydrogen) atoms. The number of ketones is 1. The lowest BCUT2D eigenvalue weighted by molar-refractivity contribution is -0.137. The maximum atomic E-state index is 12.9. The summed E-state index contributed by atoms with van der Waals surface area (Å²) in [6.07, 6.45) is -4.50. The highest BCUT2D eigenvalue weighted by molar-refractivity contribution is 7.10. The second-order valence-corrected chi connectivity index (χ2v) is 7.82. The highest BCUT2D eigenvalue weighted by Crippen LogP contribution is 2.45. The Kier molecular flexibility index (Phi) is 5.10. The smallest absolute Gasteiger partial charge is 0.416 e. The van der Waals surface area contributed by atoms with E-state index >= 15 is 0 Å². The molecule has 3 rings (SSSR count). The van der Waals surface area contributed by atoms with Gasteiger partial charge in [0.1, 0.15) is 6.04 Å². The number of aryl methyl sites for hydroxylation is 1. The Morgan fingerprint density at radius 1 is 1.18 bits per heavy atom. The van der Waals surface area contributed by atoms with Crippen molar-refractivity contribution in [1.82, 2.24) is 0 Å². The summed E-state index contributed by atoms with van der Waals surface area (Å²) in [5, 5.41) is 12.2. The summed E-state index contributed by atoms with van der Waals surface area (Å²) in [5.41, 5.74) is 0.130. The Labute approximate surface area is 163 Å². The Morgan fingerprint density at radius 2 is 1.79 bits per heavy atom. The van der Waals surface area contributed by atoms with Crippen LogP contribution in [-0.2, 0) is 15.8 Å². The maximum absolute atomic E-state index is 12.9. The SMILES string of the molecule is Cc1ccsc1C1C(C(=O)C(C)C)=C(O)C(=O)N1c1ccc(C(F)(F)F)cc1. The average molecular weight is 409 g/mol. The van der Waals surface area contributed by atoms with Crippen molar-refractivity contribution in [2.45, 2.75) is 33.0 Å². The zero-order chi connectivity index (χ0) is 20.8.